The Morgan fingerprint density at radius 1 is 1.27 bits per heavy atom. The molecule has 3 rings (SSSR count). The Balaban J connectivity index is 0.00000243. The lowest BCUT2D eigenvalue weighted by Gasteiger charge is -2.36. The maximum Gasteiger partial charge on any atom is 0.227 e. The quantitative estimate of drug-likeness (QED) is 0.883. The molecule has 1 unspecified atom stereocenters. The SMILES string of the molecule is COc1ccc(CC(=O)N2CCNCC2c2cccc(F)c2)cc1F.Cl. The van der Waals surface area contributed by atoms with E-state index in [0.29, 0.717) is 25.2 Å². The van der Waals surface area contributed by atoms with Crippen molar-refractivity contribution in [1.29, 1.82) is 0 Å². The van der Waals surface area contributed by atoms with Crippen molar-refractivity contribution in [3.63, 3.8) is 0 Å². The van der Waals surface area contributed by atoms with Gasteiger partial charge in [0, 0.05) is 19.6 Å². The Morgan fingerprint density at radius 3 is 2.77 bits per heavy atom. The van der Waals surface area contributed by atoms with E-state index in [9.17, 15) is 13.6 Å². The van der Waals surface area contributed by atoms with Gasteiger partial charge in [-0.1, -0.05) is 18.2 Å². The average molecular weight is 383 g/mol. The van der Waals surface area contributed by atoms with Gasteiger partial charge in [-0.2, -0.15) is 0 Å². The fourth-order valence-electron chi connectivity index (χ4n) is 3.11. The molecule has 1 fully saturated rings. The Kier molecular flexibility index (Phi) is 6.94. The Morgan fingerprint density at radius 2 is 2.08 bits per heavy atom. The Labute approximate surface area is 157 Å². The van der Waals surface area contributed by atoms with E-state index in [4.69, 9.17) is 4.74 Å². The molecule has 26 heavy (non-hydrogen) atoms. The summed E-state index contributed by atoms with van der Waals surface area (Å²) in [6.07, 6.45) is 0.0900. The number of methoxy groups -OCH3 is 1. The van der Waals surface area contributed by atoms with Gasteiger partial charge in [0.2, 0.25) is 5.91 Å². The van der Waals surface area contributed by atoms with Crippen LogP contribution in [0.1, 0.15) is 17.2 Å². The summed E-state index contributed by atoms with van der Waals surface area (Å²) in [5.74, 6) is -0.779. The number of carbonyl (C=O) groups excluding carboxylic acids is 1. The van der Waals surface area contributed by atoms with Crippen molar-refractivity contribution in [2.24, 2.45) is 0 Å². The second-order valence-electron chi connectivity index (χ2n) is 6.01. The molecular weight excluding hydrogens is 362 g/mol. The molecule has 1 saturated heterocycles. The third kappa shape index (κ3) is 4.51. The first-order valence-corrected chi connectivity index (χ1v) is 8.16. The first-order valence-electron chi connectivity index (χ1n) is 8.16. The second-order valence-corrected chi connectivity index (χ2v) is 6.01. The first kappa shape index (κ1) is 20.1. The molecule has 1 aliphatic heterocycles. The zero-order chi connectivity index (χ0) is 17.8. The standard InChI is InChI=1S/C19H20F2N2O2.ClH/c1-25-18-6-5-13(9-16(18)21)10-19(24)23-8-7-22-12-17(23)14-3-2-4-15(20)11-14;/h2-6,9,11,17,22H,7-8,10,12H2,1H3;1H. The molecule has 1 amide bonds. The predicted molar refractivity (Wildman–Crippen MR) is 97.6 cm³/mol. The summed E-state index contributed by atoms with van der Waals surface area (Å²) in [5, 5.41) is 3.23. The van der Waals surface area contributed by atoms with E-state index < -0.39 is 5.82 Å². The Bertz CT molecular complexity index is 773. The van der Waals surface area contributed by atoms with E-state index in [2.05, 4.69) is 5.32 Å². The number of piperazine rings is 1. The Hall–Kier alpha value is -2.18. The number of benzene rings is 2. The zero-order valence-corrected chi connectivity index (χ0v) is 15.2. The lowest BCUT2D eigenvalue weighted by Crippen LogP contribution is -2.49. The first-order chi connectivity index (χ1) is 12.1. The van der Waals surface area contributed by atoms with Crippen molar-refractivity contribution in [3.05, 3.63) is 65.2 Å². The van der Waals surface area contributed by atoms with Gasteiger partial charge in [0.25, 0.3) is 0 Å². The van der Waals surface area contributed by atoms with Crippen molar-refractivity contribution in [2.45, 2.75) is 12.5 Å². The van der Waals surface area contributed by atoms with Crippen molar-refractivity contribution in [3.8, 4) is 5.75 Å². The molecule has 7 heteroatoms. The number of halogens is 3. The number of rotatable bonds is 4. The number of carbonyl (C=O) groups is 1. The fraction of sp³-hybridized carbons (Fsp3) is 0.316. The van der Waals surface area contributed by atoms with E-state index >= 15 is 0 Å². The molecule has 1 heterocycles. The van der Waals surface area contributed by atoms with Gasteiger partial charge >= 0.3 is 0 Å². The van der Waals surface area contributed by atoms with Gasteiger partial charge in [0.1, 0.15) is 5.82 Å². The van der Waals surface area contributed by atoms with E-state index in [0.717, 1.165) is 5.56 Å². The highest BCUT2D eigenvalue weighted by Crippen LogP contribution is 2.24. The van der Waals surface area contributed by atoms with Gasteiger partial charge in [-0.15, -0.1) is 12.4 Å². The van der Waals surface area contributed by atoms with Gasteiger partial charge < -0.3 is 15.0 Å². The summed E-state index contributed by atoms with van der Waals surface area (Å²) in [7, 11) is 1.40. The van der Waals surface area contributed by atoms with Crippen LogP contribution in [0.15, 0.2) is 42.5 Å². The number of ether oxygens (including phenoxy) is 1. The van der Waals surface area contributed by atoms with Crippen LogP contribution >= 0.6 is 12.4 Å². The molecule has 2 aromatic rings. The van der Waals surface area contributed by atoms with Crippen LogP contribution in [0.4, 0.5) is 8.78 Å². The topological polar surface area (TPSA) is 41.6 Å². The molecule has 4 nitrogen and oxygen atoms in total. The minimum atomic E-state index is -0.491. The van der Waals surface area contributed by atoms with E-state index in [1.807, 2.05) is 6.07 Å². The second kappa shape index (κ2) is 8.96. The molecule has 0 aliphatic carbocycles. The third-order valence-electron chi connectivity index (χ3n) is 4.37. The zero-order valence-electron chi connectivity index (χ0n) is 14.4. The number of nitrogens with one attached hydrogen (secondary N) is 1. The normalized spacial score (nSPS) is 16.7. The van der Waals surface area contributed by atoms with Crippen LogP contribution in [0.3, 0.4) is 0 Å². The molecule has 1 N–H and O–H groups in total. The summed E-state index contributed by atoms with van der Waals surface area (Å²) in [5.41, 5.74) is 1.33. The highest BCUT2D eigenvalue weighted by Gasteiger charge is 2.28. The summed E-state index contributed by atoms with van der Waals surface area (Å²) < 4.78 is 32.3. The van der Waals surface area contributed by atoms with Crippen molar-refractivity contribution < 1.29 is 18.3 Å². The summed E-state index contributed by atoms with van der Waals surface area (Å²) in [4.78, 5) is 14.5. The highest BCUT2D eigenvalue weighted by atomic mass is 35.5. The summed E-state index contributed by atoms with van der Waals surface area (Å²) >= 11 is 0. The van der Waals surface area contributed by atoms with Crippen molar-refractivity contribution >= 4 is 18.3 Å². The van der Waals surface area contributed by atoms with E-state index in [-0.39, 0.29) is 42.3 Å². The van der Waals surface area contributed by atoms with Gasteiger partial charge in [0.05, 0.1) is 19.6 Å². The highest BCUT2D eigenvalue weighted by molar-refractivity contribution is 5.85. The van der Waals surface area contributed by atoms with Gasteiger partial charge in [-0.3, -0.25) is 4.79 Å². The maximum atomic E-state index is 13.8. The van der Waals surface area contributed by atoms with Gasteiger partial charge in [-0.05, 0) is 35.4 Å². The van der Waals surface area contributed by atoms with Crippen LogP contribution in [-0.2, 0) is 11.2 Å². The molecule has 0 radical (unpaired) electrons. The largest absolute Gasteiger partial charge is 0.494 e. The molecule has 2 aromatic carbocycles. The monoisotopic (exact) mass is 382 g/mol. The molecule has 0 spiro atoms. The van der Waals surface area contributed by atoms with E-state index in [1.165, 1.54) is 31.4 Å². The number of nitrogens with zero attached hydrogens (tertiary/aromatic N) is 1. The minimum Gasteiger partial charge on any atom is -0.494 e. The van der Waals surface area contributed by atoms with Crippen LogP contribution in [-0.4, -0.2) is 37.6 Å². The maximum absolute atomic E-state index is 13.8. The van der Waals surface area contributed by atoms with Gasteiger partial charge in [-0.25, -0.2) is 8.78 Å². The van der Waals surface area contributed by atoms with Crippen molar-refractivity contribution in [2.75, 3.05) is 26.7 Å². The lowest BCUT2D eigenvalue weighted by molar-refractivity contribution is -0.133. The third-order valence-corrected chi connectivity index (χ3v) is 4.37. The molecular formula is C19H21ClF2N2O2. The van der Waals surface area contributed by atoms with Crippen molar-refractivity contribution in [1.82, 2.24) is 10.2 Å². The molecule has 1 atom stereocenters. The molecule has 140 valence electrons. The fourth-order valence-corrected chi connectivity index (χ4v) is 3.11. The van der Waals surface area contributed by atoms with Crippen LogP contribution in [0.5, 0.6) is 5.75 Å². The minimum absolute atomic E-state index is 0. The number of hydrogen-bond acceptors (Lipinski definition) is 3. The molecule has 0 aromatic heterocycles. The molecule has 0 saturated carbocycles. The molecule has 0 bridgehead atoms. The van der Waals surface area contributed by atoms with E-state index in [1.54, 1.807) is 17.0 Å². The van der Waals surface area contributed by atoms with Crippen LogP contribution in [0.2, 0.25) is 0 Å². The number of hydrogen-bond donors (Lipinski definition) is 1. The van der Waals surface area contributed by atoms with Gasteiger partial charge in [0.15, 0.2) is 11.6 Å². The van der Waals surface area contributed by atoms with Crippen LogP contribution < -0.4 is 10.1 Å². The summed E-state index contributed by atoms with van der Waals surface area (Å²) in [6.45, 7) is 1.76. The van der Waals surface area contributed by atoms with Crippen LogP contribution in [0, 0.1) is 11.6 Å². The predicted octanol–water partition coefficient (Wildman–Crippen LogP) is 3.11. The molecule has 1 aliphatic rings. The van der Waals surface area contributed by atoms with Crippen LogP contribution in [0.25, 0.3) is 0 Å². The number of amides is 1. The smallest absolute Gasteiger partial charge is 0.227 e. The average Bonchev–Trinajstić information content (AvgIpc) is 2.62. The summed E-state index contributed by atoms with van der Waals surface area (Å²) in [6, 6.07) is 10.6. The lowest BCUT2D eigenvalue weighted by atomic mass is 10.0.